The maximum Gasteiger partial charge on any atom is 0.307 e. The van der Waals surface area contributed by atoms with Gasteiger partial charge in [-0.1, -0.05) is 0 Å². The molecule has 0 fully saturated rings. The van der Waals surface area contributed by atoms with Crippen LogP contribution in [0.5, 0.6) is 5.75 Å². The molecule has 0 unspecified atom stereocenters. The minimum atomic E-state index is -0.417. The molecular weight excluding hydrogens is 478 g/mol. The van der Waals surface area contributed by atoms with Crippen LogP contribution in [-0.2, 0) is 6.61 Å². The van der Waals surface area contributed by atoms with Crippen molar-refractivity contribution in [1.29, 1.82) is 0 Å². The molecule has 3 heterocycles. The zero-order chi connectivity index (χ0) is 21.8. The first-order chi connectivity index (χ1) is 15.0. The van der Waals surface area contributed by atoms with E-state index in [9.17, 15) is 4.79 Å². The van der Waals surface area contributed by atoms with Gasteiger partial charge < -0.3 is 13.7 Å². The van der Waals surface area contributed by atoms with Gasteiger partial charge in [-0.3, -0.25) is 4.79 Å². The Morgan fingerprint density at radius 2 is 1.84 bits per heavy atom. The normalized spacial score (nSPS) is 11.2. The van der Waals surface area contributed by atoms with E-state index in [1.54, 1.807) is 18.3 Å². The number of thiophene rings is 1. The van der Waals surface area contributed by atoms with E-state index in [1.165, 1.54) is 22.7 Å². The number of ether oxygens (including phenoxy) is 1. The van der Waals surface area contributed by atoms with Crippen molar-refractivity contribution in [3.05, 3.63) is 92.2 Å². The molecule has 0 saturated heterocycles. The summed E-state index contributed by atoms with van der Waals surface area (Å²) in [6.45, 7) is 4.38. The van der Waals surface area contributed by atoms with Gasteiger partial charge in [0.05, 0.1) is 10.0 Å². The van der Waals surface area contributed by atoms with Crippen LogP contribution in [0.15, 0.2) is 74.0 Å². The molecule has 158 valence electrons. The van der Waals surface area contributed by atoms with Gasteiger partial charge in [-0.2, -0.15) is 5.10 Å². The molecule has 4 aromatic rings. The van der Waals surface area contributed by atoms with E-state index >= 15 is 0 Å². The van der Waals surface area contributed by atoms with Gasteiger partial charge in [0.1, 0.15) is 18.1 Å². The van der Waals surface area contributed by atoms with Crippen LogP contribution in [0.25, 0.3) is 5.69 Å². The molecule has 1 aromatic carbocycles. The third-order valence-corrected chi connectivity index (χ3v) is 6.14. The molecule has 0 aliphatic rings. The molecule has 0 spiro atoms. The molecule has 0 atom stereocenters. The van der Waals surface area contributed by atoms with E-state index in [1.807, 2.05) is 36.4 Å². The number of aryl methyl sites for hydroxylation is 2. The first-order valence-corrected chi connectivity index (χ1v) is 11.2. The molecule has 4 rings (SSSR count). The molecule has 3 aromatic heterocycles. The van der Waals surface area contributed by atoms with Gasteiger partial charge >= 0.3 is 5.91 Å². The highest BCUT2D eigenvalue weighted by molar-refractivity contribution is 9.11. The molecule has 0 aliphatic heterocycles. The minimum absolute atomic E-state index is 0.178. The number of benzene rings is 1. The third-order valence-electron chi connectivity index (χ3n) is 4.58. The van der Waals surface area contributed by atoms with E-state index in [0.717, 1.165) is 20.1 Å². The Morgan fingerprint density at radius 1 is 1.10 bits per heavy atom. The van der Waals surface area contributed by atoms with Gasteiger partial charge in [0, 0.05) is 22.0 Å². The smallest absolute Gasteiger partial charge is 0.307 e. The molecule has 6 nitrogen and oxygen atoms in total. The fraction of sp³-hybridized carbons (Fsp3) is 0.130. The van der Waals surface area contributed by atoms with Crippen molar-refractivity contribution in [3.63, 3.8) is 0 Å². The predicted molar refractivity (Wildman–Crippen MR) is 125 cm³/mol. The Labute approximate surface area is 192 Å². The number of hydrazone groups is 1. The lowest BCUT2D eigenvalue weighted by Gasteiger charge is -2.10. The van der Waals surface area contributed by atoms with Crippen molar-refractivity contribution in [2.24, 2.45) is 5.10 Å². The molecular formula is C23H20BrN3O3S. The number of amides is 1. The number of hydrogen-bond acceptors (Lipinski definition) is 5. The lowest BCUT2D eigenvalue weighted by Crippen LogP contribution is -2.16. The Balaban J connectivity index is 1.32. The fourth-order valence-corrected chi connectivity index (χ4v) is 4.40. The number of rotatable bonds is 7. The lowest BCUT2D eigenvalue weighted by atomic mass is 10.3. The summed E-state index contributed by atoms with van der Waals surface area (Å²) in [6, 6.07) is 19.2. The van der Waals surface area contributed by atoms with Crippen molar-refractivity contribution in [2.45, 2.75) is 20.5 Å². The summed E-state index contributed by atoms with van der Waals surface area (Å²) < 4.78 is 14.5. The second kappa shape index (κ2) is 9.36. The summed E-state index contributed by atoms with van der Waals surface area (Å²) in [5.74, 6) is 1.04. The summed E-state index contributed by atoms with van der Waals surface area (Å²) in [6.07, 6.45) is 1.58. The molecule has 31 heavy (non-hydrogen) atoms. The number of carbonyl (C=O) groups is 1. The van der Waals surface area contributed by atoms with Crippen LogP contribution in [0, 0.1) is 13.8 Å². The van der Waals surface area contributed by atoms with Crippen molar-refractivity contribution in [2.75, 3.05) is 0 Å². The monoisotopic (exact) mass is 497 g/mol. The standard InChI is InChI=1S/C23H20BrN3O3S/c1-15-3-4-16(2)27(15)17-5-7-18(8-6-17)29-14-19-9-11-21(30-19)23(28)26-25-13-20-10-12-22(24)31-20/h3-13H,14H2,1-2H3,(H,26,28)/b25-13+. The fourth-order valence-electron chi connectivity index (χ4n) is 3.11. The van der Waals surface area contributed by atoms with Crippen molar-refractivity contribution >= 4 is 39.4 Å². The summed E-state index contributed by atoms with van der Waals surface area (Å²) in [5, 5.41) is 3.95. The van der Waals surface area contributed by atoms with Crippen molar-refractivity contribution in [1.82, 2.24) is 9.99 Å². The van der Waals surface area contributed by atoms with Crippen LogP contribution < -0.4 is 10.2 Å². The van der Waals surface area contributed by atoms with Gasteiger partial charge in [-0.25, -0.2) is 5.43 Å². The maximum absolute atomic E-state index is 12.2. The molecule has 0 bridgehead atoms. The first-order valence-electron chi connectivity index (χ1n) is 9.55. The maximum atomic E-state index is 12.2. The second-order valence-corrected chi connectivity index (χ2v) is 9.34. The summed E-state index contributed by atoms with van der Waals surface area (Å²) in [5.41, 5.74) is 5.90. The van der Waals surface area contributed by atoms with Crippen LogP contribution in [0.4, 0.5) is 0 Å². The molecule has 0 aliphatic carbocycles. The zero-order valence-corrected chi connectivity index (χ0v) is 19.4. The highest BCUT2D eigenvalue weighted by atomic mass is 79.9. The number of carbonyl (C=O) groups excluding carboxylic acids is 1. The van der Waals surface area contributed by atoms with Gasteiger partial charge in [0.15, 0.2) is 5.76 Å². The summed E-state index contributed by atoms with van der Waals surface area (Å²) in [7, 11) is 0. The number of nitrogens with one attached hydrogen (secondary N) is 1. The number of nitrogens with zero attached hydrogens (tertiary/aromatic N) is 2. The quantitative estimate of drug-likeness (QED) is 0.257. The van der Waals surface area contributed by atoms with Crippen LogP contribution >= 0.6 is 27.3 Å². The molecule has 1 amide bonds. The van der Waals surface area contributed by atoms with E-state index < -0.39 is 5.91 Å². The zero-order valence-electron chi connectivity index (χ0n) is 17.0. The molecule has 0 radical (unpaired) electrons. The van der Waals surface area contributed by atoms with E-state index in [-0.39, 0.29) is 12.4 Å². The Bertz CT molecular complexity index is 1200. The number of furan rings is 1. The van der Waals surface area contributed by atoms with Crippen LogP contribution in [0.1, 0.15) is 32.6 Å². The van der Waals surface area contributed by atoms with Crippen LogP contribution in [0.3, 0.4) is 0 Å². The second-order valence-electron chi connectivity index (χ2n) is 6.84. The average molecular weight is 498 g/mol. The number of halogens is 1. The lowest BCUT2D eigenvalue weighted by molar-refractivity contribution is 0.0923. The SMILES string of the molecule is Cc1ccc(C)n1-c1ccc(OCc2ccc(C(=O)N/N=C/c3ccc(Br)s3)o2)cc1. The number of aromatic nitrogens is 1. The third kappa shape index (κ3) is 5.15. The highest BCUT2D eigenvalue weighted by Gasteiger charge is 2.11. The first kappa shape index (κ1) is 21.1. The Morgan fingerprint density at radius 3 is 2.52 bits per heavy atom. The Kier molecular flexibility index (Phi) is 6.39. The number of hydrogen-bond donors (Lipinski definition) is 1. The van der Waals surface area contributed by atoms with E-state index in [0.29, 0.717) is 5.76 Å². The van der Waals surface area contributed by atoms with Crippen molar-refractivity contribution < 1.29 is 13.9 Å². The molecule has 1 N–H and O–H groups in total. The van der Waals surface area contributed by atoms with E-state index in [4.69, 9.17) is 9.15 Å². The highest BCUT2D eigenvalue weighted by Crippen LogP contribution is 2.21. The van der Waals surface area contributed by atoms with Gasteiger partial charge in [-0.15, -0.1) is 11.3 Å². The van der Waals surface area contributed by atoms with E-state index in [2.05, 4.69) is 57.0 Å². The minimum Gasteiger partial charge on any atom is -0.486 e. The largest absolute Gasteiger partial charge is 0.486 e. The van der Waals surface area contributed by atoms with Crippen LogP contribution in [-0.4, -0.2) is 16.7 Å². The summed E-state index contributed by atoms with van der Waals surface area (Å²) >= 11 is 4.90. The molecule has 0 saturated carbocycles. The Hall–Kier alpha value is -3.10. The summed E-state index contributed by atoms with van der Waals surface area (Å²) in [4.78, 5) is 13.1. The van der Waals surface area contributed by atoms with Crippen molar-refractivity contribution in [3.8, 4) is 11.4 Å². The van der Waals surface area contributed by atoms with Gasteiger partial charge in [-0.05, 0) is 90.4 Å². The topological polar surface area (TPSA) is 68.8 Å². The average Bonchev–Trinajstić information content (AvgIpc) is 3.48. The van der Waals surface area contributed by atoms with Gasteiger partial charge in [0.2, 0.25) is 0 Å². The molecule has 8 heteroatoms. The predicted octanol–water partition coefficient (Wildman–Crippen LogP) is 5.85. The van der Waals surface area contributed by atoms with Gasteiger partial charge in [0.25, 0.3) is 0 Å². The van der Waals surface area contributed by atoms with Crippen LogP contribution in [0.2, 0.25) is 0 Å².